The van der Waals surface area contributed by atoms with Crippen molar-refractivity contribution in [3.05, 3.63) is 0 Å². The molecular weight excluding hydrogens is 255 g/mol. The van der Waals surface area contributed by atoms with Crippen molar-refractivity contribution in [3.63, 3.8) is 0 Å². The van der Waals surface area contributed by atoms with Gasteiger partial charge in [0, 0.05) is 0 Å². The Kier molecular flexibility index (Phi) is 9.40. The van der Waals surface area contributed by atoms with Gasteiger partial charge in [-0.1, -0.05) is 26.7 Å². The van der Waals surface area contributed by atoms with Crippen molar-refractivity contribution in [2.75, 3.05) is 13.2 Å². The minimum atomic E-state index is -3.89. The second kappa shape index (κ2) is 9.27. The van der Waals surface area contributed by atoms with E-state index in [9.17, 15) is 8.77 Å². The van der Waals surface area contributed by atoms with Crippen molar-refractivity contribution in [1.82, 2.24) is 0 Å². The van der Waals surface area contributed by atoms with Gasteiger partial charge in [0.2, 0.25) is 0 Å². The molecule has 0 fully saturated rings. The first kappa shape index (κ1) is 16.2. The third-order valence-electron chi connectivity index (χ3n) is 1.65. The highest BCUT2D eigenvalue weighted by molar-refractivity contribution is 7.79. The van der Waals surface area contributed by atoms with Crippen LogP contribution < -0.4 is 0 Å². The van der Waals surface area contributed by atoms with Gasteiger partial charge in [-0.05, 0) is 12.8 Å². The first-order valence-corrected chi connectivity index (χ1v) is 7.73. The van der Waals surface area contributed by atoms with Crippen molar-refractivity contribution in [2.24, 2.45) is 0 Å². The molecule has 0 spiro atoms. The smallest absolute Gasteiger partial charge is 0.286 e. The molecular formula is C8H19O6PS. The van der Waals surface area contributed by atoms with Crippen LogP contribution in [0.25, 0.3) is 0 Å². The van der Waals surface area contributed by atoms with E-state index in [1.165, 1.54) is 0 Å². The Labute approximate surface area is 98.8 Å². The highest BCUT2D eigenvalue weighted by atomic mass is 32.2. The highest BCUT2D eigenvalue weighted by Crippen LogP contribution is 2.50. The first-order chi connectivity index (χ1) is 7.54. The van der Waals surface area contributed by atoms with E-state index < -0.39 is 19.2 Å². The van der Waals surface area contributed by atoms with Crippen LogP contribution in [0, 0.1) is 0 Å². The first-order valence-electron chi connectivity index (χ1n) is 5.24. The molecule has 0 amide bonds. The summed E-state index contributed by atoms with van der Waals surface area (Å²) in [6.07, 6.45) is 3.08. The van der Waals surface area contributed by atoms with Crippen LogP contribution in [0.4, 0.5) is 0 Å². The normalized spacial score (nSPS) is 13.9. The van der Waals surface area contributed by atoms with Gasteiger partial charge in [0.25, 0.3) is 0 Å². The zero-order chi connectivity index (χ0) is 12.4. The number of phosphoric acid groups is 1. The number of rotatable bonds is 10. The van der Waals surface area contributed by atoms with Gasteiger partial charge in [-0.2, -0.15) is 8.18 Å². The fraction of sp³-hybridized carbons (Fsp3) is 1.00. The summed E-state index contributed by atoms with van der Waals surface area (Å²) in [5, 5.41) is 0. The number of hydrogen-bond donors (Lipinski definition) is 1. The van der Waals surface area contributed by atoms with Crippen molar-refractivity contribution in [2.45, 2.75) is 39.5 Å². The van der Waals surface area contributed by atoms with Crippen LogP contribution >= 0.6 is 7.82 Å². The Balaban J connectivity index is 4.13. The summed E-state index contributed by atoms with van der Waals surface area (Å²) in [7, 11) is -3.89. The Morgan fingerprint density at radius 2 is 1.56 bits per heavy atom. The van der Waals surface area contributed by atoms with Gasteiger partial charge < -0.3 is 0 Å². The molecule has 0 rings (SSSR count). The maximum absolute atomic E-state index is 11.8. The van der Waals surface area contributed by atoms with Crippen molar-refractivity contribution < 1.29 is 26.3 Å². The van der Waals surface area contributed by atoms with Crippen molar-refractivity contribution >= 4 is 19.2 Å². The van der Waals surface area contributed by atoms with Crippen LogP contribution in [0.2, 0.25) is 0 Å². The lowest BCUT2D eigenvalue weighted by Gasteiger charge is -2.15. The minimum Gasteiger partial charge on any atom is -0.286 e. The van der Waals surface area contributed by atoms with Gasteiger partial charge in [-0.3, -0.25) is 13.6 Å². The fourth-order valence-corrected chi connectivity index (χ4v) is 2.55. The standard InChI is InChI=1S/C8H19O6PS/c1-3-5-7-12-15(9,14-16(10)11)13-8-6-4-2/h3-8H2,1-2H3,(H,10,11). The molecule has 0 aromatic heterocycles. The summed E-state index contributed by atoms with van der Waals surface area (Å²) in [4.78, 5) is 0. The van der Waals surface area contributed by atoms with E-state index in [0.29, 0.717) is 12.8 Å². The molecule has 0 aromatic rings. The molecule has 0 radical (unpaired) electrons. The molecule has 0 aliphatic heterocycles. The lowest BCUT2D eigenvalue weighted by Crippen LogP contribution is -2.04. The lowest BCUT2D eigenvalue weighted by atomic mass is 10.4. The van der Waals surface area contributed by atoms with E-state index in [1.807, 2.05) is 13.8 Å². The lowest BCUT2D eigenvalue weighted by molar-refractivity contribution is 0.153. The van der Waals surface area contributed by atoms with E-state index in [1.54, 1.807) is 0 Å². The zero-order valence-corrected chi connectivity index (χ0v) is 11.3. The second-order valence-electron chi connectivity index (χ2n) is 3.11. The maximum atomic E-state index is 11.8. The van der Waals surface area contributed by atoms with E-state index in [4.69, 9.17) is 13.6 Å². The minimum absolute atomic E-state index is 0.178. The van der Waals surface area contributed by atoms with Crippen LogP contribution in [0.5, 0.6) is 0 Å². The molecule has 0 aromatic carbocycles. The quantitative estimate of drug-likeness (QED) is 0.375. The van der Waals surface area contributed by atoms with Gasteiger partial charge in [0.1, 0.15) is 0 Å². The van der Waals surface area contributed by atoms with Crippen molar-refractivity contribution in [1.29, 1.82) is 0 Å². The molecule has 0 bridgehead atoms. The van der Waals surface area contributed by atoms with Crippen LogP contribution in [0.3, 0.4) is 0 Å². The van der Waals surface area contributed by atoms with E-state index in [-0.39, 0.29) is 13.2 Å². The van der Waals surface area contributed by atoms with Gasteiger partial charge in [-0.25, -0.2) is 4.57 Å². The Hall–Kier alpha value is 0.220. The number of unbranched alkanes of at least 4 members (excludes halogenated alkanes) is 2. The summed E-state index contributed by atoms with van der Waals surface area (Å²) in [6.45, 7) is 4.24. The van der Waals surface area contributed by atoms with E-state index >= 15 is 0 Å². The predicted octanol–water partition coefficient (Wildman–Crippen LogP) is 2.88. The molecule has 1 N–H and O–H groups in total. The predicted molar refractivity (Wildman–Crippen MR) is 61.2 cm³/mol. The average Bonchev–Trinajstić information content (AvgIpc) is 2.17. The Morgan fingerprint density at radius 3 is 1.88 bits per heavy atom. The fourth-order valence-electron chi connectivity index (χ4n) is 0.800. The molecule has 0 saturated carbocycles. The van der Waals surface area contributed by atoms with Gasteiger partial charge in [0.15, 0.2) is 0 Å². The van der Waals surface area contributed by atoms with Gasteiger partial charge in [-0.15, -0.1) is 0 Å². The van der Waals surface area contributed by atoms with E-state index in [2.05, 4.69) is 3.97 Å². The topological polar surface area (TPSA) is 82.1 Å². The molecule has 0 aliphatic rings. The summed E-state index contributed by atoms with van der Waals surface area (Å²) in [6, 6.07) is 0. The largest absolute Gasteiger partial charge is 0.489 e. The van der Waals surface area contributed by atoms with Crippen molar-refractivity contribution in [3.8, 4) is 0 Å². The maximum Gasteiger partial charge on any atom is 0.489 e. The average molecular weight is 274 g/mol. The van der Waals surface area contributed by atoms with Gasteiger partial charge in [0.05, 0.1) is 13.2 Å². The van der Waals surface area contributed by atoms with Crippen LogP contribution in [-0.2, 0) is 28.9 Å². The molecule has 16 heavy (non-hydrogen) atoms. The SMILES string of the molecule is CCCCOP(=O)(OCCCC)OS(=O)O. The van der Waals surface area contributed by atoms with Crippen LogP contribution in [0.1, 0.15) is 39.5 Å². The zero-order valence-electron chi connectivity index (χ0n) is 9.59. The Morgan fingerprint density at radius 1 is 1.12 bits per heavy atom. The monoisotopic (exact) mass is 274 g/mol. The second-order valence-corrected chi connectivity index (χ2v) is 5.55. The molecule has 0 saturated heterocycles. The molecule has 6 nitrogen and oxygen atoms in total. The molecule has 1 unspecified atom stereocenters. The summed E-state index contributed by atoms with van der Waals surface area (Å²) >= 11 is -2.66. The highest BCUT2D eigenvalue weighted by Gasteiger charge is 2.29. The summed E-state index contributed by atoms with van der Waals surface area (Å²) < 4.78 is 44.8. The number of hydrogen-bond acceptors (Lipinski definition) is 5. The van der Waals surface area contributed by atoms with Crippen LogP contribution in [-0.4, -0.2) is 22.0 Å². The molecule has 1 atom stereocenters. The van der Waals surface area contributed by atoms with Crippen LogP contribution in [0.15, 0.2) is 0 Å². The summed E-state index contributed by atoms with van der Waals surface area (Å²) in [5.74, 6) is 0. The third-order valence-corrected chi connectivity index (χ3v) is 3.89. The molecule has 0 aliphatic carbocycles. The third kappa shape index (κ3) is 8.38. The summed E-state index contributed by atoms with van der Waals surface area (Å²) in [5.41, 5.74) is 0. The number of phosphoric ester groups is 1. The van der Waals surface area contributed by atoms with Gasteiger partial charge >= 0.3 is 19.2 Å². The molecule has 8 heteroatoms. The van der Waals surface area contributed by atoms with E-state index in [0.717, 1.165) is 12.8 Å². The Bertz CT molecular complexity index is 233. The molecule has 0 heterocycles. The molecule has 98 valence electrons.